The van der Waals surface area contributed by atoms with Crippen LogP contribution in [0.3, 0.4) is 0 Å². The van der Waals surface area contributed by atoms with Crippen LogP contribution in [-0.4, -0.2) is 23.5 Å². The summed E-state index contributed by atoms with van der Waals surface area (Å²) < 4.78 is 4.81. The second-order valence-corrected chi connectivity index (χ2v) is 4.77. The number of rotatable bonds is 3. The number of benzene rings is 1. The van der Waals surface area contributed by atoms with E-state index < -0.39 is 0 Å². The Labute approximate surface area is 138 Å². The molecule has 0 bridgehead atoms. The lowest BCUT2D eigenvalue weighted by atomic mass is 10.0. The van der Waals surface area contributed by atoms with E-state index in [0.29, 0.717) is 12.0 Å². The summed E-state index contributed by atoms with van der Waals surface area (Å²) >= 11 is 3.51. The molecule has 0 radical (unpaired) electrons. The fraction of sp³-hybridized carbons (Fsp3) is 0.400. The van der Waals surface area contributed by atoms with E-state index in [9.17, 15) is 10.1 Å². The summed E-state index contributed by atoms with van der Waals surface area (Å²) in [6, 6.07) is 1.85. The van der Waals surface area contributed by atoms with Gasteiger partial charge in [-0.2, -0.15) is 0 Å². The third kappa shape index (κ3) is 4.30. The Morgan fingerprint density at radius 1 is 1.45 bits per heavy atom. The second kappa shape index (κ2) is 9.94. The first-order valence-corrected chi connectivity index (χ1v) is 7.67. The zero-order chi connectivity index (χ0) is 17.3. The SMILES string of the molecule is CC.CCc1c(C)c([N+](=O)[O-])c2[nH]ccc2c1Br.COC=O. The van der Waals surface area contributed by atoms with Crippen molar-refractivity contribution in [3.63, 3.8) is 0 Å². The number of hydrogen-bond donors (Lipinski definition) is 1. The van der Waals surface area contributed by atoms with E-state index in [1.807, 2.05) is 26.8 Å². The van der Waals surface area contributed by atoms with Gasteiger partial charge in [-0.05, 0) is 40.9 Å². The normalized spacial score (nSPS) is 9.18. The van der Waals surface area contributed by atoms with Gasteiger partial charge in [-0.15, -0.1) is 0 Å². The molecule has 2 aromatic rings. The molecule has 1 heterocycles. The van der Waals surface area contributed by atoms with Gasteiger partial charge in [-0.25, -0.2) is 0 Å². The van der Waals surface area contributed by atoms with Crippen LogP contribution in [0, 0.1) is 17.0 Å². The summed E-state index contributed by atoms with van der Waals surface area (Å²) in [5, 5.41) is 12.0. The van der Waals surface area contributed by atoms with E-state index in [1.165, 1.54) is 7.11 Å². The molecule has 1 aromatic carbocycles. The molecule has 7 heteroatoms. The Balaban J connectivity index is 0.000000640. The van der Waals surface area contributed by atoms with Gasteiger partial charge in [0.15, 0.2) is 0 Å². The van der Waals surface area contributed by atoms with E-state index in [2.05, 4.69) is 25.7 Å². The maximum Gasteiger partial charge on any atom is 0.296 e. The molecule has 0 amide bonds. The van der Waals surface area contributed by atoms with Crippen molar-refractivity contribution in [1.82, 2.24) is 4.98 Å². The van der Waals surface area contributed by atoms with Crippen molar-refractivity contribution in [3.8, 4) is 0 Å². The standard InChI is InChI=1S/C11H11BrN2O2.C2H4O2.C2H6/c1-3-7-6(2)11(14(15)16)10-8(9(7)12)4-5-13-10;1-4-2-3;1-2/h4-5,13H,3H2,1-2H3;2H,1H3;1-2H3. The first-order chi connectivity index (χ1) is 10.5. The first-order valence-electron chi connectivity index (χ1n) is 6.88. The second-order valence-electron chi connectivity index (χ2n) is 3.98. The number of nitrogens with one attached hydrogen (secondary N) is 1. The Kier molecular flexibility index (Phi) is 9.09. The number of ether oxygens (including phenoxy) is 1. The molecule has 0 fully saturated rings. The highest BCUT2D eigenvalue weighted by molar-refractivity contribution is 9.10. The number of methoxy groups -OCH3 is 1. The average molecular weight is 373 g/mol. The summed E-state index contributed by atoms with van der Waals surface area (Å²) in [5.41, 5.74) is 2.50. The van der Waals surface area contributed by atoms with Crippen LogP contribution in [0.5, 0.6) is 0 Å². The third-order valence-electron chi connectivity index (χ3n) is 2.93. The van der Waals surface area contributed by atoms with Gasteiger partial charge in [0.2, 0.25) is 0 Å². The van der Waals surface area contributed by atoms with Crippen molar-refractivity contribution in [2.24, 2.45) is 0 Å². The van der Waals surface area contributed by atoms with Gasteiger partial charge in [-0.3, -0.25) is 14.9 Å². The molecule has 0 aliphatic carbocycles. The molecule has 1 aromatic heterocycles. The third-order valence-corrected chi connectivity index (χ3v) is 3.83. The number of carbonyl (C=O) groups excluding carboxylic acids is 1. The monoisotopic (exact) mass is 372 g/mol. The molecule has 22 heavy (non-hydrogen) atoms. The molecule has 2 rings (SSSR count). The Morgan fingerprint density at radius 2 is 2.00 bits per heavy atom. The first kappa shape index (κ1) is 20.1. The summed E-state index contributed by atoms with van der Waals surface area (Å²) in [5.74, 6) is 0. The van der Waals surface area contributed by atoms with E-state index >= 15 is 0 Å². The number of hydrogen-bond acceptors (Lipinski definition) is 4. The zero-order valence-electron chi connectivity index (χ0n) is 13.4. The fourth-order valence-corrected chi connectivity index (χ4v) is 2.96. The molecule has 0 unspecified atom stereocenters. The van der Waals surface area contributed by atoms with Gasteiger partial charge in [0, 0.05) is 21.6 Å². The average Bonchev–Trinajstić information content (AvgIpc) is 2.99. The van der Waals surface area contributed by atoms with Crippen molar-refractivity contribution in [1.29, 1.82) is 0 Å². The maximum absolute atomic E-state index is 11.1. The molecule has 122 valence electrons. The highest BCUT2D eigenvalue weighted by Gasteiger charge is 2.22. The van der Waals surface area contributed by atoms with Crippen LogP contribution in [-0.2, 0) is 16.0 Å². The summed E-state index contributed by atoms with van der Waals surface area (Å²) in [6.45, 7) is 8.16. The number of fused-ring (bicyclic) bond motifs is 1. The number of H-pyrrole nitrogens is 1. The Bertz CT molecular complexity index is 638. The smallest absolute Gasteiger partial charge is 0.296 e. The van der Waals surface area contributed by atoms with Crippen molar-refractivity contribution in [2.45, 2.75) is 34.1 Å². The summed E-state index contributed by atoms with van der Waals surface area (Å²) in [7, 11) is 1.31. The van der Waals surface area contributed by atoms with Crippen molar-refractivity contribution >= 4 is 39.0 Å². The van der Waals surface area contributed by atoms with E-state index in [-0.39, 0.29) is 10.6 Å². The topological polar surface area (TPSA) is 85.2 Å². The van der Waals surface area contributed by atoms with Gasteiger partial charge < -0.3 is 9.72 Å². The number of aromatic nitrogens is 1. The quantitative estimate of drug-likeness (QED) is 0.487. The van der Waals surface area contributed by atoms with Gasteiger partial charge in [0.1, 0.15) is 5.52 Å². The molecule has 0 aliphatic rings. The molecule has 6 nitrogen and oxygen atoms in total. The Hall–Kier alpha value is -1.89. The number of nitrogens with zero attached hydrogens (tertiary/aromatic N) is 1. The lowest BCUT2D eigenvalue weighted by molar-refractivity contribution is -0.383. The minimum atomic E-state index is -0.320. The fourth-order valence-electron chi connectivity index (χ4n) is 2.05. The predicted molar refractivity (Wildman–Crippen MR) is 91.2 cm³/mol. The molecule has 0 aliphatic heterocycles. The summed E-state index contributed by atoms with van der Waals surface area (Å²) in [6.07, 6.45) is 2.50. The predicted octanol–water partition coefficient (Wildman–Crippen LogP) is 4.52. The molecule has 0 atom stereocenters. The van der Waals surface area contributed by atoms with Gasteiger partial charge in [0.25, 0.3) is 12.2 Å². The highest BCUT2D eigenvalue weighted by Crippen LogP contribution is 2.37. The molecule has 1 N–H and O–H groups in total. The molecule has 0 saturated heterocycles. The maximum atomic E-state index is 11.1. The van der Waals surface area contributed by atoms with Gasteiger partial charge in [0.05, 0.1) is 12.0 Å². The lowest BCUT2D eigenvalue weighted by Crippen LogP contribution is -1.98. The van der Waals surface area contributed by atoms with Crippen molar-refractivity contribution < 1.29 is 14.5 Å². The van der Waals surface area contributed by atoms with E-state index in [1.54, 1.807) is 13.1 Å². The molecular weight excluding hydrogens is 352 g/mol. The van der Waals surface area contributed by atoms with Crippen LogP contribution < -0.4 is 0 Å². The number of nitro benzene ring substituents is 1. The zero-order valence-corrected chi connectivity index (χ0v) is 15.0. The van der Waals surface area contributed by atoms with E-state index in [0.717, 1.165) is 27.4 Å². The van der Waals surface area contributed by atoms with E-state index in [4.69, 9.17) is 4.79 Å². The Morgan fingerprint density at radius 3 is 2.41 bits per heavy atom. The lowest BCUT2D eigenvalue weighted by Gasteiger charge is -2.08. The van der Waals surface area contributed by atoms with Gasteiger partial charge >= 0.3 is 0 Å². The highest BCUT2D eigenvalue weighted by atomic mass is 79.9. The number of carbonyl (C=O) groups is 1. The minimum Gasteiger partial charge on any atom is -0.471 e. The number of halogens is 1. The van der Waals surface area contributed by atoms with Crippen LogP contribution in [0.15, 0.2) is 16.7 Å². The largest absolute Gasteiger partial charge is 0.471 e. The number of nitro groups is 1. The van der Waals surface area contributed by atoms with Crippen molar-refractivity contribution in [3.05, 3.63) is 38.0 Å². The van der Waals surface area contributed by atoms with Crippen LogP contribution in [0.25, 0.3) is 10.9 Å². The molecule has 0 spiro atoms. The molecule has 0 saturated carbocycles. The number of aromatic amines is 1. The van der Waals surface area contributed by atoms with Crippen LogP contribution in [0.4, 0.5) is 5.69 Å². The van der Waals surface area contributed by atoms with Crippen LogP contribution >= 0.6 is 15.9 Å². The molecular formula is C15H21BrN2O4. The van der Waals surface area contributed by atoms with Crippen molar-refractivity contribution in [2.75, 3.05) is 7.11 Å². The van der Waals surface area contributed by atoms with Crippen LogP contribution in [0.1, 0.15) is 31.9 Å². The van der Waals surface area contributed by atoms with Gasteiger partial charge in [-0.1, -0.05) is 20.8 Å². The minimum absolute atomic E-state index is 0.181. The summed E-state index contributed by atoms with van der Waals surface area (Å²) in [4.78, 5) is 22.6. The van der Waals surface area contributed by atoms with Crippen LogP contribution in [0.2, 0.25) is 0 Å².